The molecule has 0 saturated heterocycles. The van der Waals surface area contributed by atoms with Gasteiger partial charge in [0.1, 0.15) is 12.1 Å². The van der Waals surface area contributed by atoms with Gasteiger partial charge in [0.15, 0.2) is 0 Å². The van der Waals surface area contributed by atoms with E-state index in [1.165, 1.54) is 6.92 Å². The molecule has 152 valence electrons. The first-order chi connectivity index (χ1) is 13.2. The van der Waals surface area contributed by atoms with Crippen LogP contribution in [-0.2, 0) is 20.8 Å². The van der Waals surface area contributed by atoms with Gasteiger partial charge in [-0.2, -0.15) is 12.6 Å². The number of nitrogens with one attached hydrogen (secondary N) is 3. The van der Waals surface area contributed by atoms with Crippen LogP contribution in [0.15, 0.2) is 30.5 Å². The molecule has 0 radical (unpaired) electrons. The van der Waals surface area contributed by atoms with Crippen LogP contribution < -0.4 is 16.4 Å². The largest absolute Gasteiger partial charge is 0.480 e. The monoisotopic (exact) mass is 408 g/mol. The number of aromatic nitrogens is 1. The molecule has 0 bridgehead atoms. The number of fused-ring (bicyclic) bond motifs is 1. The Morgan fingerprint density at radius 2 is 1.89 bits per heavy atom. The van der Waals surface area contributed by atoms with E-state index in [-0.39, 0.29) is 12.2 Å². The molecule has 7 N–H and O–H groups in total. The Balaban J connectivity index is 2.14. The van der Waals surface area contributed by atoms with Crippen molar-refractivity contribution in [3.8, 4) is 0 Å². The maximum atomic E-state index is 12.5. The number of amides is 2. The van der Waals surface area contributed by atoms with E-state index in [0.29, 0.717) is 0 Å². The summed E-state index contributed by atoms with van der Waals surface area (Å²) in [6.07, 6.45) is 0.465. The van der Waals surface area contributed by atoms with Crippen LogP contribution in [0, 0.1) is 0 Å². The topological polar surface area (TPSA) is 158 Å². The number of aliphatic carboxylic acids is 1. The summed E-state index contributed by atoms with van der Waals surface area (Å²) in [4.78, 5) is 39.1. The van der Waals surface area contributed by atoms with E-state index in [1.807, 2.05) is 24.3 Å². The quantitative estimate of drug-likeness (QED) is 0.275. The lowest BCUT2D eigenvalue weighted by atomic mass is 10.0. The number of hydrogen-bond donors (Lipinski definition) is 7. The lowest BCUT2D eigenvalue weighted by Crippen LogP contribution is -2.58. The molecule has 2 rings (SSSR count). The van der Waals surface area contributed by atoms with Crippen molar-refractivity contribution in [1.29, 1.82) is 0 Å². The zero-order valence-corrected chi connectivity index (χ0v) is 16.1. The lowest BCUT2D eigenvalue weighted by molar-refractivity contribution is -0.142. The number of aliphatic hydroxyl groups is 1. The molecule has 0 fully saturated rings. The van der Waals surface area contributed by atoms with E-state index in [1.54, 1.807) is 6.20 Å². The van der Waals surface area contributed by atoms with E-state index in [2.05, 4.69) is 28.2 Å². The fourth-order valence-corrected chi connectivity index (χ4v) is 2.90. The van der Waals surface area contributed by atoms with Crippen molar-refractivity contribution < 1.29 is 24.6 Å². The molecule has 0 saturated carbocycles. The van der Waals surface area contributed by atoms with Crippen LogP contribution in [0.3, 0.4) is 0 Å². The van der Waals surface area contributed by atoms with Crippen LogP contribution in [0.1, 0.15) is 12.5 Å². The van der Waals surface area contributed by atoms with Crippen molar-refractivity contribution in [2.75, 3.05) is 5.75 Å². The average molecular weight is 408 g/mol. The molecule has 1 heterocycles. The van der Waals surface area contributed by atoms with Crippen LogP contribution in [0.4, 0.5) is 0 Å². The fourth-order valence-electron chi connectivity index (χ4n) is 2.73. The molecule has 4 atom stereocenters. The third-order valence-corrected chi connectivity index (χ3v) is 4.70. The number of carbonyl (C=O) groups is 3. The molecule has 2 aromatic rings. The first-order valence-electron chi connectivity index (χ1n) is 8.67. The number of carbonyl (C=O) groups excluding carboxylic acids is 2. The van der Waals surface area contributed by atoms with Crippen LogP contribution in [0.5, 0.6) is 0 Å². The molecule has 0 spiro atoms. The van der Waals surface area contributed by atoms with Crippen molar-refractivity contribution in [1.82, 2.24) is 15.6 Å². The standard InChI is InChI=1S/C18H24N4O5S/c1-9(23)15(22-16(24)12(19)8-28)17(25)21-14(18(26)27)6-10-7-20-13-5-3-2-4-11(10)13/h2-5,7,9,12,14-15,20,23,28H,6,8,19H2,1H3,(H,21,25)(H,22,24)(H,26,27). The number of para-hydroxylation sites is 1. The molecule has 0 aliphatic heterocycles. The van der Waals surface area contributed by atoms with Gasteiger partial charge in [-0.15, -0.1) is 0 Å². The predicted octanol–water partition coefficient (Wildman–Crippen LogP) is -0.597. The Kier molecular flexibility index (Phi) is 7.44. The van der Waals surface area contributed by atoms with Gasteiger partial charge < -0.3 is 31.6 Å². The molecule has 28 heavy (non-hydrogen) atoms. The minimum absolute atomic E-state index is 0.0295. The SMILES string of the molecule is CC(O)C(NC(=O)C(N)CS)C(=O)NC(Cc1c[nH]c2ccccc12)C(=O)O. The molecule has 2 amide bonds. The van der Waals surface area contributed by atoms with Gasteiger partial charge >= 0.3 is 5.97 Å². The summed E-state index contributed by atoms with van der Waals surface area (Å²) in [5.41, 5.74) is 7.13. The van der Waals surface area contributed by atoms with Crippen LogP contribution in [0.2, 0.25) is 0 Å². The van der Waals surface area contributed by atoms with E-state index < -0.39 is 42.0 Å². The second-order valence-corrected chi connectivity index (χ2v) is 6.84. The van der Waals surface area contributed by atoms with Gasteiger partial charge in [0.05, 0.1) is 12.1 Å². The van der Waals surface area contributed by atoms with E-state index in [0.717, 1.165) is 16.5 Å². The molecular weight excluding hydrogens is 384 g/mol. The molecule has 9 nitrogen and oxygen atoms in total. The van der Waals surface area contributed by atoms with Crippen molar-refractivity contribution >= 4 is 41.3 Å². The number of thiol groups is 1. The third-order valence-electron chi connectivity index (χ3n) is 4.31. The Bertz CT molecular complexity index is 853. The molecule has 0 aliphatic carbocycles. The molecule has 0 aliphatic rings. The molecule has 1 aromatic carbocycles. The van der Waals surface area contributed by atoms with Crippen molar-refractivity contribution in [2.24, 2.45) is 5.73 Å². The summed E-state index contributed by atoms with van der Waals surface area (Å²) >= 11 is 3.91. The molecule has 10 heteroatoms. The number of nitrogens with two attached hydrogens (primary N) is 1. The Morgan fingerprint density at radius 1 is 1.21 bits per heavy atom. The average Bonchev–Trinajstić information content (AvgIpc) is 3.07. The molecule has 1 aromatic heterocycles. The lowest BCUT2D eigenvalue weighted by Gasteiger charge is -2.24. The highest BCUT2D eigenvalue weighted by atomic mass is 32.1. The summed E-state index contributed by atoms with van der Waals surface area (Å²) in [5.74, 6) is -2.67. The van der Waals surface area contributed by atoms with Crippen molar-refractivity contribution in [3.05, 3.63) is 36.0 Å². The van der Waals surface area contributed by atoms with Gasteiger partial charge in [0, 0.05) is 29.3 Å². The normalized spacial score (nSPS) is 15.4. The van der Waals surface area contributed by atoms with E-state index >= 15 is 0 Å². The van der Waals surface area contributed by atoms with Gasteiger partial charge in [-0.3, -0.25) is 9.59 Å². The van der Waals surface area contributed by atoms with Gasteiger partial charge in [-0.25, -0.2) is 4.79 Å². The van der Waals surface area contributed by atoms with Crippen molar-refractivity contribution in [2.45, 2.75) is 37.6 Å². The number of hydrogen-bond acceptors (Lipinski definition) is 6. The fraction of sp³-hybridized carbons (Fsp3) is 0.389. The summed E-state index contributed by atoms with van der Waals surface area (Å²) in [6, 6.07) is 3.84. The van der Waals surface area contributed by atoms with Gasteiger partial charge in [-0.05, 0) is 18.6 Å². The van der Waals surface area contributed by atoms with Crippen LogP contribution in [0.25, 0.3) is 10.9 Å². The molecule has 4 unspecified atom stereocenters. The minimum Gasteiger partial charge on any atom is -0.480 e. The highest BCUT2D eigenvalue weighted by Gasteiger charge is 2.31. The van der Waals surface area contributed by atoms with Crippen LogP contribution >= 0.6 is 12.6 Å². The highest BCUT2D eigenvalue weighted by molar-refractivity contribution is 7.80. The molecular formula is C18H24N4O5S. The summed E-state index contributed by atoms with van der Waals surface area (Å²) in [7, 11) is 0. The number of carboxylic acids is 1. The number of H-pyrrole nitrogens is 1. The predicted molar refractivity (Wildman–Crippen MR) is 107 cm³/mol. The maximum Gasteiger partial charge on any atom is 0.326 e. The Labute approximate surface area is 167 Å². The summed E-state index contributed by atoms with van der Waals surface area (Å²) in [6.45, 7) is 1.31. The van der Waals surface area contributed by atoms with Gasteiger partial charge in [-0.1, -0.05) is 18.2 Å². The number of rotatable bonds is 9. The zero-order valence-electron chi connectivity index (χ0n) is 15.3. The Morgan fingerprint density at radius 3 is 2.50 bits per heavy atom. The second kappa shape index (κ2) is 9.58. The van der Waals surface area contributed by atoms with E-state index in [9.17, 15) is 24.6 Å². The van der Waals surface area contributed by atoms with E-state index in [4.69, 9.17) is 5.73 Å². The number of carboxylic acid groups (broad SMARTS) is 1. The number of aromatic amines is 1. The number of aliphatic hydroxyl groups excluding tert-OH is 1. The number of benzene rings is 1. The smallest absolute Gasteiger partial charge is 0.326 e. The summed E-state index contributed by atoms with van der Waals surface area (Å²) in [5, 5.41) is 24.9. The third kappa shape index (κ3) is 5.24. The maximum absolute atomic E-state index is 12.5. The zero-order chi connectivity index (χ0) is 20.8. The second-order valence-electron chi connectivity index (χ2n) is 6.48. The van der Waals surface area contributed by atoms with Gasteiger partial charge in [0.25, 0.3) is 0 Å². The summed E-state index contributed by atoms with van der Waals surface area (Å²) < 4.78 is 0. The first-order valence-corrected chi connectivity index (χ1v) is 9.31. The van der Waals surface area contributed by atoms with Crippen molar-refractivity contribution in [3.63, 3.8) is 0 Å². The Hall–Kier alpha value is -2.56. The first kappa shape index (κ1) is 21.7. The highest BCUT2D eigenvalue weighted by Crippen LogP contribution is 2.19. The van der Waals surface area contributed by atoms with Crippen LogP contribution in [-0.4, -0.2) is 63.0 Å². The minimum atomic E-state index is -1.34. The van der Waals surface area contributed by atoms with Gasteiger partial charge in [0.2, 0.25) is 11.8 Å².